The van der Waals surface area contributed by atoms with Crippen molar-refractivity contribution in [3.05, 3.63) is 17.0 Å². The number of H-pyrrole nitrogens is 1. The third kappa shape index (κ3) is 1.50. The van der Waals surface area contributed by atoms with E-state index in [4.69, 9.17) is 5.73 Å². The molecule has 1 unspecified atom stereocenters. The highest BCUT2D eigenvalue weighted by Crippen LogP contribution is 2.18. The zero-order valence-corrected chi connectivity index (χ0v) is 8.02. The quantitative estimate of drug-likeness (QED) is 0.717. The van der Waals surface area contributed by atoms with Gasteiger partial charge in [0.05, 0.1) is 5.69 Å². The molecule has 1 rings (SSSR count). The van der Waals surface area contributed by atoms with E-state index < -0.39 is 0 Å². The maximum atomic E-state index is 5.85. The van der Waals surface area contributed by atoms with Crippen molar-refractivity contribution < 1.29 is 0 Å². The van der Waals surface area contributed by atoms with Gasteiger partial charge in [0.25, 0.3) is 0 Å². The van der Waals surface area contributed by atoms with E-state index in [9.17, 15) is 0 Å². The van der Waals surface area contributed by atoms with E-state index in [0.717, 1.165) is 18.5 Å². The van der Waals surface area contributed by atoms with Crippen LogP contribution < -0.4 is 5.73 Å². The minimum Gasteiger partial charge on any atom is -0.324 e. The number of rotatable bonds is 3. The third-order valence-electron chi connectivity index (χ3n) is 2.11. The van der Waals surface area contributed by atoms with Gasteiger partial charge in [0.15, 0.2) is 0 Å². The van der Waals surface area contributed by atoms with Gasteiger partial charge in [-0.15, -0.1) is 0 Å². The molecule has 0 bridgehead atoms. The van der Waals surface area contributed by atoms with Gasteiger partial charge in [-0.1, -0.05) is 13.8 Å². The molecule has 3 heteroatoms. The molecule has 0 aromatic carbocycles. The standard InChI is InChI=1S/C9H17N3/c1-4-7-9(6(3)10)8(5-2)12-11-7/h6H,4-5,10H2,1-3H3,(H,11,12). The van der Waals surface area contributed by atoms with Crippen LogP contribution in [0.4, 0.5) is 0 Å². The first-order valence-electron chi connectivity index (χ1n) is 4.52. The largest absolute Gasteiger partial charge is 0.324 e. The second kappa shape index (κ2) is 3.72. The van der Waals surface area contributed by atoms with Gasteiger partial charge in [-0.05, 0) is 19.8 Å². The first-order valence-corrected chi connectivity index (χ1v) is 4.52. The predicted octanol–water partition coefficient (Wildman–Crippen LogP) is 1.55. The summed E-state index contributed by atoms with van der Waals surface area (Å²) in [4.78, 5) is 0. The fraction of sp³-hybridized carbons (Fsp3) is 0.667. The summed E-state index contributed by atoms with van der Waals surface area (Å²) in [6.45, 7) is 6.21. The van der Waals surface area contributed by atoms with Crippen LogP contribution in [-0.4, -0.2) is 10.2 Å². The average Bonchev–Trinajstić information content (AvgIpc) is 2.46. The van der Waals surface area contributed by atoms with E-state index in [-0.39, 0.29) is 6.04 Å². The van der Waals surface area contributed by atoms with Gasteiger partial charge in [-0.2, -0.15) is 5.10 Å². The SMILES string of the molecule is CCc1n[nH]c(CC)c1C(C)N. The molecule has 0 aliphatic rings. The Hall–Kier alpha value is -0.830. The van der Waals surface area contributed by atoms with Crippen molar-refractivity contribution in [1.29, 1.82) is 0 Å². The molecule has 0 saturated carbocycles. The summed E-state index contributed by atoms with van der Waals surface area (Å²) >= 11 is 0. The fourth-order valence-electron chi connectivity index (χ4n) is 1.51. The Kier molecular flexibility index (Phi) is 2.87. The molecule has 0 amide bonds. The number of hydrogen-bond donors (Lipinski definition) is 2. The number of aromatic amines is 1. The summed E-state index contributed by atoms with van der Waals surface area (Å²) in [6, 6.07) is 0.0913. The second-order valence-corrected chi connectivity index (χ2v) is 3.06. The number of nitrogens with one attached hydrogen (secondary N) is 1. The van der Waals surface area contributed by atoms with Crippen LogP contribution in [0.25, 0.3) is 0 Å². The van der Waals surface area contributed by atoms with E-state index in [1.807, 2.05) is 6.92 Å². The summed E-state index contributed by atoms with van der Waals surface area (Å²) in [5, 5.41) is 7.25. The fourth-order valence-corrected chi connectivity index (χ4v) is 1.51. The first kappa shape index (κ1) is 9.26. The highest BCUT2D eigenvalue weighted by atomic mass is 15.1. The second-order valence-electron chi connectivity index (χ2n) is 3.06. The third-order valence-corrected chi connectivity index (χ3v) is 2.11. The zero-order chi connectivity index (χ0) is 9.14. The van der Waals surface area contributed by atoms with Gasteiger partial charge in [0.2, 0.25) is 0 Å². The van der Waals surface area contributed by atoms with Gasteiger partial charge in [0.1, 0.15) is 0 Å². The molecular weight excluding hydrogens is 150 g/mol. The van der Waals surface area contributed by atoms with Crippen LogP contribution >= 0.6 is 0 Å². The summed E-state index contributed by atoms with van der Waals surface area (Å²) < 4.78 is 0. The minimum atomic E-state index is 0.0913. The minimum absolute atomic E-state index is 0.0913. The van der Waals surface area contributed by atoms with Crippen LogP contribution in [0.15, 0.2) is 0 Å². The summed E-state index contributed by atoms with van der Waals surface area (Å²) in [5.74, 6) is 0. The summed E-state index contributed by atoms with van der Waals surface area (Å²) in [5.41, 5.74) is 9.35. The van der Waals surface area contributed by atoms with Crippen LogP contribution in [0.2, 0.25) is 0 Å². The van der Waals surface area contributed by atoms with Crippen molar-refractivity contribution in [1.82, 2.24) is 10.2 Å². The molecule has 1 heterocycles. The Morgan fingerprint density at radius 1 is 1.42 bits per heavy atom. The highest BCUT2D eigenvalue weighted by Gasteiger charge is 2.13. The van der Waals surface area contributed by atoms with Crippen LogP contribution in [0.5, 0.6) is 0 Å². The van der Waals surface area contributed by atoms with Crippen molar-refractivity contribution in [3.8, 4) is 0 Å². The molecular formula is C9H17N3. The molecule has 0 aliphatic carbocycles. The Morgan fingerprint density at radius 2 is 2.08 bits per heavy atom. The lowest BCUT2D eigenvalue weighted by Gasteiger charge is -2.06. The Morgan fingerprint density at radius 3 is 2.50 bits per heavy atom. The van der Waals surface area contributed by atoms with Crippen LogP contribution in [0, 0.1) is 0 Å². The lowest BCUT2D eigenvalue weighted by Crippen LogP contribution is -2.08. The van der Waals surface area contributed by atoms with Crippen molar-refractivity contribution in [2.45, 2.75) is 39.7 Å². The lowest BCUT2D eigenvalue weighted by atomic mass is 10.0. The molecule has 1 atom stereocenters. The number of nitrogens with two attached hydrogens (primary N) is 1. The molecule has 1 aromatic heterocycles. The van der Waals surface area contributed by atoms with E-state index in [1.165, 1.54) is 11.3 Å². The molecule has 0 saturated heterocycles. The monoisotopic (exact) mass is 167 g/mol. The van der Waals surface area contributed by atoms with Gasteiger partial charge in [-0.25, -0.2) is 0 Å². The molecule has 68 valence electrons. The Labute approximate surface area is 73.4 Å². The molecule has 12 heavy (non-hydrogen) atoms. The Balaban J connectivity index is 3.07. The molecule has 3 nitrogen and oxygen atoms in total. The molecule has 0 fully saturated rings. The average molecular weight is 167 g/mol. The normalized spacial score (nSPS) is 13.3. The number of aromatic nitrogens is 2. The maximum absolute atomic E-state index is 5.85. The maximum Gasteiger partial charge on any atom is 0.0669 e. The smallest absolute Gasteiger partial charge is 0.0669 e. The molecule has 0 aliphatic heterocycles. The Bertz CT molecular complexity index is 229. The van der Waals surface area contributed by atoms with E-state index >= 15 is 0 Å². The van der Waals surface area contributed by atoms with Gasteiger partial charge < -0.3 is 5.73 Å². The number of hydrogen-bond acceptors (Lipinski definition) is 2. The molecule has 1 aromatic rings. The molecule has 3 N–H and O–H groups in total. The van der Waals surface area contributed by atoms with Crippen LogP contribution in [0.1, 0.15) is 43.8 Å². The number of nitrogens with zero attached hydrogens (tertiary/aromatic N) is 1. The van der Waals surface area contributed by atoms with Gasteiger partial charge in [-0.3, -0.25) is 5.10 Å². The van der Waals surface area contributed by atoms with Crippen molar-refractivity contribution in [2.75, 3.05) is 0 Å². The van der Waals surface area contributed by atoms with Crippen LogP contribution in [-0.2, 0) is 12.8 Å². The van der Waals surface area contributed by atoms with Crippen LogP contribution in [0.3, 0.4) is 0 Å². The number of aryl methyl sites for hydroxylation is 2. The zero-order valence-electron chi connectivity index (χ0n) is 8.02. The van der Waals surface area contributed by atoms with E-state index in [1.54, 1.807) is 0 Å². The molecule has 0 radical (unpaired) electrons. The van der Waals surface area contributed by atoms with Crippen molar-refractivity contribution in [3.63, 3.8) is 0 Å². The predicted molar refractivity (Wildman–Crippen MR) is 49.9 cm³/mol. The summed E-state index contributed by atoms with van der Waals surface area (Å²) in [6.07, 6.45) is 1.93. The first-order chi connectivity index (χ1) is 5.70. The lowest BCUT2D eigenvalue weighted by molar-refractivity contribution is 0.786. The topological polar surface area (TPSA) is 54.7 Å². The highest BCUT2D eigenvalue weighted by molar-refractivity contribution is 5.28. The van der Waals surface area contributed by atoms with Gasteiger partial charge >= 0.3 is 0 Å². The summed E-state index contributed by atoms with van der Waals surface area (Å²) in [7, 11) is 0. The van der Waals surface area contributed by atoms with Gasteiger partial charge in [0, 0.05) is 17.3 Å². The van der Waals surface area contributed by atoms with Crippen molar-refractivity contribution in [2.24, 2.45) is 5.73 Å². The van der Waals surface area contributed by atoms with Crippen molar-refractivity contribution >= 4 is 0 Å². The molecule has 0 spiro atoms. The van der Waals surface area contributed by atoms with E-state index in [2.05, 4.69) is 24.0 Å². The van der Waals surface area contributed by atoms with E-state index in [0.29, 0.717) is 0 Å².